The minimum absolute atomic E-state index is 0.0576. The van der Waals surface area contributed by atoms with Gasteiger partial charge in [0.15, 0.2) is 0 Å². The van der Waals surface area contributed by atoms with E-state index in [4.69, 9.17) is 37.0 Å². The maximum Gasteiger partial charge on any atom is 0.460 e. The molecule has 0 aromatic heterocycles. The van der Waals surface area contributed by atoms with Gasteiger partial charge in [0.05, 0.1) is 68.7 Å². The lowest BCUT2D eigenvalue weighted by molar-refractivity contribution is -0.870. The van der Waals surface area contributed by atoms with Crippen molar-refractivity contribution in [2.75, 3.05) is 121 Å². The van der Waals surface area contributed by atoms with Gasteiger partial charge in [-0.1, -0.05) is 231 Å². The van der Waals surface area contributed by atoms with Crippen LogP contribution < -0.4 is 9.79 Å². The Hall–Kier alpha value is -1.28. The summed E-state index contributed by atoms with van der Waals surface area (Å²) >= 11 is 0. The van der Waals surface area contributed by atoms with Gasteiger partial charge in [0, 0.05) is 39.3 Å². The van der Waals surface area contributed by atoms with Crippen LogP contribution in [0.5, 0.6) is 0 Å². The highest BCUT2D eigenvalue weighted by molar-refractivity contribution is 7.46. The predicted octanol–water partition coefficient (Wildman–Crippen LogP) is 22.3. The summed E-state index contributed by atoms with van der Waals surface area (Å²) < 4.78 is 305. The summed E-state index contributed by atoms with van der Waals surface area (Å²) in [6, 6.07) is 0. The maximum absolute atomic E-state index is 13.8. The molecule has 4 atom stereocenters. The maximum atomic E-state index is 13.8. The third-order valence-electron chi connectivity index (χ3n) is 18.2. The number of ether oxygens (including phenoxy) is 4. The summed E-state index contributed by atoms with van der Waals surface area (Å²) in [5.41, 5.74) is 0. The van der Waals surface area contributed by atoms with Crippen molar-refractivity contribution in [2.45, 2.75) is 343 Å². The number of nitrogens with zero attached hydrogens (tertiary/aromatic N) is 2. The fourth-order valence-electron chi connectivity index (χ4n) is 11.3. The van der Waals surface area contributed by atoms with Crippen LogP contribution in [-0.4, -0.2) is 191 Å². The quantitative estimate of drug-likeness (QED) is 0.0246. The molecule has 0 heterocycles. The third kappa shape index (κ3) is 50.1. The summed E-state index contributed by atoms with van der Waals surface area (Å²) in [7, 11) is 2.09. The van der Waals surface area contributed by atoms with E-state index in [0.717, 1.165) is 51.4 Å². The van der Waals surface area contributed by atoms with Gasteiger partial charge in [0.1, 0.15) is 38.5 Å². The zero-order chi connectivity index (χ0) is 80.4. The largest absolute Gasteiger partial charge is 0.756 e. The summed E-state index contributed by atoms with van der Waals surface area (Å²) in [5.74, 6) is -38.0. The highest BCUT2D eigenvalue weighted by atomic mass is 31.2. The first-order valence-corrected chi connectivity index (χ1v) is 41.8. The topological polar surface area (TPSA) is 154 Å². The van der Waals surface area contributed by atoms with E-state index in [1.54, 1.807) is 0 Å². The Bertz CT molecular complexity index is 2090. The van der Waals surface area contributed by atoms with Crippen molar-refractivity contribution in [3.05, 3.63) is 0 Å². The summed E-state index contributed by atoms with van der Waals surface area (Å²) in [5, 5.41) is 0. The van der Waals surface area contributed by atoms with Crippen molar-refractivity contribution in [3.8, 4) is 0 Å². The first-order chi connectivity index (χ1) is 49.3. The lowest BCUT2D eigenvalue weighted by Crippen LogP contribution is -2.60. The number of alkyl halides is 18. The predicted molar refractivity (Wildman–Crippen MR) is 371 cm³/mol. The van der Waals surface area contributed by atoms with Crippen LogP contribution in [0.15, 0.2) is 0 Å². The number of quaternary nitrogens is 2. The molecule has 0 fully saturated rings. The lowest BCUT2D eigenvalue weighted by atomic mass is 9.97. The van der Waals surface area contributed by atoms with E-state index >= 15 is 0 Å². The molecule has 0 saturated heterocycles. The van der Waals surface area contributed by atoms with Crippen LogP contribution in [0.2, 0.25) is 0 Å². The summed E-state index contributed by atoms with van der Waals surface area (Å²) in [4.78, 5) is 24.9. The lowest BCUT2D eigenvalue weighted by Gasteiger charge is -2.33. The number of likely N-dealkylation sites (N-methyl/N-ethyl adjacent to an activating group) is 2. The number of unbranched alkanes of at least 4 members (excludes halogenated alkanes) is 39. The molecule has 2 unspecified atom stereocenters. The number of hydrogen-bond donors (Lipinski definition) is 0. The fourth-order valence-corrected chi connectivity index (χ4v) is 12.8. The fraction of sp³-hybridized carbons (Fsp3) is 1.00. The standard InChI is InChI=1S/C72H132F18N2O12P2/c1-91(2,3)51-57-101-105(93,94)103-61-63(99-55-47-41-35-29-25-31-37-43-49-65(73,74)67(77,78)69(81,82)71(85,86)87)59-97-53-45-39-33-27-23-21-19-17-15-13-11-9-7-8-10-12-14-16-18-20-22-24-28-34-40-46-54-98-60-64(62-104-106(95,96)102-58-52-92(4,5)6)100-56-48-42-36-30-26-32-38-44-50-66(75,76)68(79,80)70(83,84)72(88,89)90/h63-64H,7-62H2,1-6H3/t63-,64-/m1/s1. The van der Waals surface area contributed by atoms with Gasteiger partial charge in [0.2, 0.25) is 0 Å². The first kappa shape index (κ1) is 105. The van der Waals surface area contributed by atoms with Crippen molar-refractivity contribution in [1.29, 1.82) is 0 Å². The molecule has 0 aromatic rings. The number of phosphoric ester groups is 2. The van der Waals surface area contributed by atoms with Gasteiger partial charge in [-0.15, -0.1) is 0 Å². The summed E-state index contributed by atoms with van der Waals surface area (Å²) in [6.45, 7) is 1.73. The van der Waals surface area contributed by atoms with E-state index in [0.29, 0.717) is 99.5 Å². The molecule has 0 N–H and O–H groups in total. The Morgan fingerprint density at radius 2 is 0.462 bits per heavy atom. The van der Waals surface area contributed by atoms with E-state index in [1.807, 2.05) is 42.3 Å². The van der Waals surface area contributed by atoms with E-state index in [1.165, 1.54) is 116 Å². The Morgan fingerprint density at radius 1 is 0.264 bits per heavy atom. The van der Waals surface area contributed by atoms with Gasteiger partial charge in [-0.3, -0.25) is 9.13 Å². The average molecular weight is 1620 g/mol. The van der Waals surface area contributed by atoms with Crippen molar-refractivity contribution >= 4 is 15.6 Å². The van der Waals surface area contributed by atoms with Crippen molar-refractivity contribution in [3.63, 3.8) is 0 Å². The minimum Gasteiger partial charge on any atom is -0.756 e. The molecule has 0 saturated carbocycles. The molecule has 0 aliphatic carbocycles. The molecule has 0 bridgehead atoms. The highest BCUT2D eigenvalue weighted by Crippen LogP contribution is 2.56. The molecule has 0 spiro atoms. The summed E-state index contributed by atoms with van der Waals surface area (Å²) in [6.07, 6.45) is 17.3. The van der Waals surface area contributed by atoms with E-state index in [-0.39, 0.29) is 78.5 Å². The van der Waals surface area contributed by atoms with Crippen LogP contribution in [-0.2, 0) is 46.2 Å². The molecular formula is C72H132F18N2O12P2. The van der Waals surface area contributed by atoms with Gasteiger partial charge in [-0.05, 0) is 38.5 Å². The average Bonchev–Trinajstić information content (AvgIpc) is 0.754. The number of phosphoric acid groups is 2. The normalized spacial score (nSPS) is 15.4. The molecular weight excluding hydrogens is 1490 g/mol. The van der Waals surface area contributed by atoms with Crippen LogP contribution in [0.1, 0.15) is 283 Å². The van der Waals surface area contributed by atoms with Crippen LogP contribution >= 0.6 is 15.6 Å². The van der Waals surface area contributed by atoms with Gasteiger partial charge in [0.25, 0.3) is 15.6 Å². The second kappa shape index (κ2) is 55.3. The van der Waals surface area contributed by atoms with E-state index < -0.39 is 101 Å². The smallest absolute Gasteiger partial charge is 0.460 e. The molecule has 638 valence electrons. The second-order valence-electron chi connectivity index (χ2n) is 30.4. The number of rotatable bonds is 75. The minimum atomic E-state index is -6.88. The van der Waals surface area contributed by atoms with Crippen LogP contribution in [0.4, 0.5) is 79.0 Å². The van der Waals surface area contributed by atoms with E-state index in [9.17, 15) is 97.9 Å². The Morgan fingerprint density at radius 3 is 0.670 bits per heavy atom. The number of halogens is 18. The Kier molecular flexibility index (Phi) is 54.6. The van der Waals surface area contributed by atoms with E-state index in [2.05, 4.69) is 0 Å². The van der Waals surface area contributed by atoms with Gasteiger partial charge >= 0.3 is 47.9 Å². The Labute approximate surface area is 621 Å². The van der Waals surface area contributed by atoms with Gasteiger partial charge < -0.3 is 55.8 Å². The molecule has 0 radical (unpaired) electrons. The van der Waals surface area contributed by atoms with Gasteiger partial charge in [-0.25, -0.2) is 0 Å². The first-order valence-electron chi connectivity index (χ1n) is 38.9. The highest BCUT2D eigenvalue weighted by Gasteiger charge is 2.82. The SMILES string of the molecule is C[N+](C)(C)CCOP(=O)([O-])OC[C@@H](COCCCCCCCCCCCCCCCCCCCCCCCCCCCCOC[C@H](COP(=O)([O-])OCC[N+](C)(C)C)OCCCCCCCCCCC(F)(F)C(F)(F)C(F)(F)C(F)(F)F)OCCCCCCCCCCC(F)(F)C(F)(F)C(F)(F)C(F)(F)F. The molecule has 0 amide bonds. The Balaban J connectivity index is 4.16. The molecule has 0 aromatic carbocycles. The van der Waals surface area contributed by atoms with Crippen molar-refractivity contribution in [1.82, 2.24) is 0 Å². The molecule has 0 rings (SSSR count). The van der Waals surface area contributed by atoms with Crippen molar-refractivity contribution in [2.24, 2.45) is 0 Å². The molecule has 0 aliphatic rings. The monoisotopic (exact) mass is 1620 g/mol. The van der Waals surface area contributed by atoms with Crippen LogP contribution in [0, 0.1) is 0 Å². The van der Waals surface area contributed by atoms with Crippen LogP contribution in [0.25, 0.3) is 0 Å². The van der Waals surface area contributed by atoms with Crippen molar-refractivity contribution < 1.29 is 144 Å². The zero-order valence-electron chi connectivity index (χ0n) is 64.2. The molecule has 0 aliphatic heterocycles. The third-order valence-corrected chi connectivity index (χ3v) is 20.1. The van der Waals surface area contributed by atoms with Crippen LogP contribution in [0.3, 0.4) is 0 Å². The van der Waals surface area contributed by atoms with Gasteiger partial charge in [-0.2, -0.15) is 79.0 Å². The zero-order valence-corrected chi connectivity index (χ0v) is 66.0. The molecule has 34 heteroatoms. The second-order valence-corrected chi connectivity index (χ2v) is 33.2. The number of hydrogen-bond acceptors (Lipinski definition) is 12. The molecule has 14 nitrogen and oxygen atoms in total. The molecule has 106 heavy (non-hydrogen) atoms.